The molecule has 0 atom stereocenters. The molecular formula is C12H19N3O3S. The number of hydrogen-bond donors (Lipinski definition) is 1. The van der Waals surface area contributed by atoms with Crippen molar-refractivity contribution in [3.8, 4) is 0 Å². The maximum absolute atomic E-state index is 11.4. The molecule has 0 radical (unpaired) electrons. The molecule has 1 aromatic heterocycles. The molecule has 1 aromatic rings. The summed E-state index contributed by atoms with van der Waals surface area (Å²) >= 11 is 1.42. The molecule has 6 nitrogen and oxygen atoms in total. The Morgan fingerprint density at radius 2 is 2.21 bits per heavy atom. The molecule has 106 valence electrons. The Kier molecular flexibility index (Phi) is 6.27. The van der Waals surface area contributed by atoms with E-state index in [4.69, 9.17) is 4.74 Å². The number of thiazole rings is 1. The van der Waals surface area contributed by atoms with Gasteiger partial charge in [0.1, 0.15) is 0 Å². The molecule has 1 heterocycles. The van der Waals surface area contributed by atoms with Crippen LogP contribution >= 0.6 is 11.3 Å². The second kappa shape index (κ2) is 7.73. The molecule has 0 aliphatic heterocycles. The molecule has 0 aliphatic rings. The van der Waals surface area contributed by atoms with E-state index in [9.17, 15) is 9.59 Å². The van der Waals surface area contributed by atoms with Crippen molar-refractivity contribution in [3.63, 3.8) is 0 Å². The highest BCUT2D eigenvalue weighted by Gasteiger charge is 2.08. The third-order valence-electron chi connectivity index (χ3n) is 2.33. The zero-order valence-corrected chi connectivity index (χ0v) is 12.2. The highest BCUT2D eigenvalue weighted by Crippen LogP contribution is 2.16. The van der Waals surface area contributed by atoms with Crippen molar-refractivity contribution in [2.24, 2.45) is 0 Å². The Hall–Kier alpha value is -1.63. The molecule has 1 N–H and O–H groups in total. The van der Waals surface area contributed by atoms with Crippen molar-refractivity contribution in [1.29, 1.82) is 0 Å². The highest BCUT2D eigenvalue weighted by atomic mass is 32.1. The molecule has 0 unspecified atom stereocenters. The third kappa shape index (κ3) is 5.69. The van der Waals surface area contributed by atoms with E-state index in [-0.39, 0.29) is 18.4 Å². The van der Waals surface area contributed by atoms with E-state index in [0.29, 0.717) is 24.6 Å². The van der Waals surface area contributed by atoms with Crippen LogP contribution in [0.4, 0.5) is 5.13 Å². The van der Waals surface area contributed by atoms with E-state index in [1.54, 1.807) is 21.0 Å². The van der Waals surface area contributed by atoms with Gasteiger partial charge in [0.2, 0.25) is 5.91 Å². The summed E-state index contributed by atoms with van der Waals surface area (Å²) in [5.74, 6) is -0.226. The average molecular weight is 285 g/mol. The van der Waals surface area contributed by atoms with Crippen LogP contribution in [0.2, 0.25) is 0 Å². The second-order valence-electron chi connectivity index (χ2n) is 4.09. The number of carbonyl (C=O) groups is 2. The molecule has 1 rings (SSSR count). The van der Waals surface area contributed by atoms with Gasteiger partial charge in [0.05, 0.1) is 25.3 Å². The fourth-order valence-electron chi connectivity index (χ4n) is 1.28. The van der Waals surface area contributed by atoms with Crippen molar-refractivity contribution in [2.75, 3.05) is 32.6 Å². The molecule has 1 amide bonds. The Morgan fingerprint density at radius 1 is 1.47 bits per heavy atom. The first-order chi connectivity index (χ1) is 9.02. The molecule has 19 heavy (non-hydrogen) atoms. The molecule has 0 bridgehead atoms. The lowest BCUT2D eigenvalue weighted by atomic mass is 10.2. The number of rotatable bonds is 7. The van der Waals surface area contributed by atoms with E-state index in [2.05, 4.69) is 10.3 Å². The summed E-state index contributed by atoms with van der Waals surface area (Å²) in [5.41, 5.74) is 0.831. The van der Waals surface area contributed by atoms with Gasteiger partial charge in [-0.2, -0.15) is 0 Å². The molecule has 0 aliphatic carbocycles. The van der Waals surface area contributed by atoms with Crippen molar-refractivity contribution in [1.82, 2.24) is 9.88 Å². The SMILES string of the molecule is CCOC(=O)CCc1csc(NCC(=O)N(C)C)n1. The molecule has 0 fully saturated rings. The van der Waals surface area contributed by atoms with Gasteiger partial charge in [-0.3, -0.25) is 9.59 Å². The summed E-state index contributed by atoms with van der Waals surface area (Å²) in [6, 6.07) is 0. The van der Waals surface area contributed by atoms with Crippen LogP contribution < -0.4 is 5.32 Å². The van der Waals surface area contributed by atoms with Crippen molar-refractivity contribution < 1.29 is 14.3 Å². The van der Waals surface area contributed by atoms with Gasteiger partial charge < -0.3 is 15.0 Å². The molecule has 0 spiro atoms. The first kappa shape index (κ1) is 15.4. The van der Waals surface area contributed by atoms with Crippen LogP contribution in [-0.4, -0.2) is 49.0 Å². The number of carbonyl (C=O) groups excluding carboxylic acids is 2. The number of likely N-dealkylation sites (N-methyl/N-ethyl adjacent to an activating group) is 1. The quantitative estimate of drug-likeness (QED) is 0.761. The van der Waals surface area contributed by atoms with Gasteiger partial charge in [-0.05, 0) is 6.92 Å². The second-order valence-corrected chi connectivity index (χ2v) is 4.95. The first-order valence-electron chi connectivity index (χ1n) is 6.07. The van der Waals surface area contributed by atoms with Gasteiger partial charge in [-0.15, -0.1) is 11.3 Å². The standard InChI is InChI=1S/C12H19N3O3S/c1-4-18-11(17)6-5-9-8-19-12(14-9)13-7-10(16)15(2)3/h8H,4-7H2,1-3H3,(H,13,14). The summed E-state index contributed by atoms with van der Waals surface area (Å²) in [7, 11) is 3.41. The Labute approximate surface area is 116 Å². The van der Waals surface area contributed by atoms with Crippen LogP contribution in [0.1, 0.15) is 19.0 Å². The summed E-state index contributed by atoms with van der Waals surface area (Å²) in [4.78, 5) is 28.4. The maximum atomic E-state index is 11.4. The molecule has 0 aromatic carbocycles. The van der Waals surface area contributed by atoms with Crippen LogP contribution in [-0.2, 0) is 20.7 Å². The van der Waals surface area contributed by atoms with E-state index in [1.807, 2.05) is 5.38 Å². The number of esters is 1. The number of nitrogens with zero attached hydrogens (tertiary/aromatic N) is 2. The number of anilines is 1. The van der Waals surface area contributed by atoms with Gasteiger partial charge in [-0.1, -0.05) is 0 Å². The number of ether oxygens (including phenoxy) is 1. The van der Waals surface area contributed by atoms with Crippen LogP contribution in [0.25, 0.3) is 0 Å². The number of nitrogens with one attached hydrogen (secondary N) is 1. The zero-order chi connectivity index (χ0) is 14.3. The minimum atomic E-state index is -0.215. The van der Waals surface area contributed by atoms with E-state index in [1.165, 1.54) is 16.2 Å². The van der Waals surface area contributed by atoms with E-state index < -0.39 is 0 Å². The lowest BCUT2D eigenvalue weighted by molar-refractivity contribution is -0.143. The lowest BCUT2D eigenvalue weighted by Crippen LogP contribution is -2.28. The number of aromatic nitrogens is 1. The van der Waals surface area contributed by atoms with Crippen LogP contribution in [0.15, 0.2) is 5.38 Å². The smallest absolute Gasteiger partial charge is 0.306 e. The van der Waals surface area contributed by atoms with Crippen molar-refractivity contribution in [3.05, 3.63) is 11.1 Å². The predicted octanol–water partition coefficient (Wildman–Crippen LogP) is 1.14. The topological polar surface area (TPSA) is 71.5 Å². The van der Waals surface area contributed by atoms with E-state index >= 15 is 0 Å². The minimum Gasteiger partial charge on any atom is -0.466 e. The van der Waals surface area contributed by atoms with E-state index in [0.717, 1.165) is 5.69 Å². The van der Waals surface area contributed by atoms with Gasteiger partial charge in [0.25, 0.3) is 0 Å². The van der Waals surface area contributed by atoms with Crippen LogP contribution in [0.5, 0.6) is 0 Å². The number of amides is 1. The van der Waals surface area contributed by atoms with Crippen LogP contribution in [0.3, 0.4) is 0 Å². The predicted molar refractivity (Wildman–Crippen MR) is 74.3 cm³/mol. The lowest BCUT2D eigenvalue weighted by Gasteiger charge is -2.09. The average Bonchev–Trinajstić information content (AvgIpc) is 2.81. The fourth-order valence-corrected chi connectivity index (χ4v) is 2.02. The largest absolute Gasteiger partial charge is 0.466 e. The summed E-state index contributed by atoms with van der Waals surface area (Å²) < 4.78 is 4.85. The molecule has 7 heteroatoms. The number of hydrogen-bond acceptors (Lipinski definition) is 6. The van der Waals surface area contributed by atoms with Gasteiger partial charge in [0.15, 0.2) is 5.13 Å². The van der Waals surface area contributed by atoms with Crippen LogP contribution in [0, 0.1) is 0 Å². The summed E-state index contributed by atoms with van der Waals surface area (Å²) in [5, 5.41) is 5.52. The van der Waals surface area contributed by atoms with Crippen molar-refractivity contribution in [2.45, 2.75) is 19.8 Å². The maximum Gasteiger partial charge on any atom is 0.306 e. The number of aryl methyl sites for hydroxylation is 1. The Bertz CT molecular complexity index is 432. The highest BCUT2D eigenvalue weighted by molar-refractivity contribution is 7.13. The first-order valence-corrected chi connectivity index (χ1v) is 6.95. The fraction of sp³-hybridized carbons (Fsp3) is 0.583. The molecule has 0 saturated carbocycles. The zero-order valence-electron chi connectivity index (χ0n) is 11.4. The van der Waals surface area contributed by atoms with Crippen molar-refractivity contribution >= 4 is 28.3 Å². The normalized spacial score (nSPS) is 10.1. The Morgan fingerprint density at radius 3 is 2.84 bits per heavy atom. The molecule has 0 saturated heterocycles. The Balaban J connectivity index is 2.36. The van der Waals surface area contributed by atoms with Gasteiger partial charge in [0, 0.05) is 25.9 Å². The summed E-state index contributed by atoms with van der Waals surface area (Å²) in [6.07, 6.45) is 0.881. The summed E-state index contributed by atoms with van der Waals surface area (Å²) in [6.45, 7) is 2.40. The monoisotopic (exact) mass is 285 g/mol. The molecular weight excluding hydrogens is 266 g/mol. The third-order valence-corrected chi connectivity index (χ3v) is 3.18. The van der Waals surface area contributed by atoms with Gasteiger partial charge >= 0.3 is 5.97 Å². The minimum absolute atomic E-state index is 0.0109. The van der Waals surface area contributed by atoms with Gasteiger partial charge in [-0.25, -0.2) is 4.98 Å².